The molecule has 0 fully saturated rings. The average Bonchev–Trinajstić information content (AvgIpc) is 3.66. The average molecular weight is 806 g/mol. The van der Waals surface area contributed by atoms with Gasteiger partial charge in [0.1, 0.15) is 0 Å². The molecule has 0 bridgehead atoms. The number of nitrogens with zero attached hydrogens (tertiary/aromatic N) is 1. The van der Waals surface area contributed by atoms with E-state index >= 15 is 0 Å². The molecule has 2 heteroatoms. The Morgan fingerprint density at radius 2 is 0.710 bits per heavy atom. The highest BCUT2D eigenvalue weighted by Crippen LogP contribution is 2.47. The van der Waals surface area contributed by atoms with E-state index in [9.17, 15) is 0 Å². The van der Waals surface area contributed by atoms with Gasteiger partial charge in [-0.3, -0.25) is 0 Å². The van der Waals surface area contributed by atoms with E-state index in [0.717, 1.165) is 22.6 Å². The molecule has 292 valence electrons. The van der Waals surface area contributed by atoms with Crippen molar-refractivity contribution in [3.63, 3.8) is 0 Å². The van der Waals surface area contributed by atoms with Crippen molar-refractivity contribution in [3.8, 4) is 55.6 Å². The molecule has 0 N–H and O–H groups in total. The second kappa shape index (κ2) is 16.0. The predicted molar refractivity (Wildman–Crippen MR) is 265 cm³/mol. The van der Waals surface area contributed by atoms with Gasteiger partial charge in [0, 0.05) is 16.9 Å². The second-order valence-corrected chi connectivity index (χ2v) is 19.8. The predicted octanol–water partition coefficient (Wildman–Crippen LogP) is 13.2. The van der Waals surface area contributed by atoms with Crippen LogP contribution < -0.4 is 25.6 Å². The van der Waals surface area contributed by atoms with Crippen LogP contribution >= 0.6 is 0 Å². The summed E-state index contributed by atoms with van der Waals surface area (Å²) in [4.78, 5) is 2.50. The molecule has 0 saturated heterocycles. The molecule has 0 amide bonds. The minimum atomic E-state index is -2.77. The highest BCUT2D eigenvalue weighted by Gasteiger charge is 2.48. The van der Waals surface area contributed by atoms with Crippen LogP contribution in [0.15, 0.2) is 261 Å². The van der Waals surface area contributed by atoms with Gasteiger partial charge in [0.15, 0.2) is 8.07 Å². The van der Waals surface area contributed by atoms with Gasteiger partial charge in [-0.05, 0) is 107 Å². The molecule has 10 aromatic carbocycles. The second-order valence-electron chi connectivity index (χ2n) is 16.0. The van der Waals surface area contributed by atoms with Crippen molar-refractivity contribution in [3.05, 3.63) is 261 Å². The molecular weight excluding hydrogens is 763 g/mol. The van der Waals surface area contributed by atoms with Crippen molar-refractivity contribution in [1.29, 1.82) is 0 Å². The van der Waals surface area contributed by atoms with E-state index in [4.69, 9.17) is 0 Å². The van der Waals surface area contributed by atoms with Crippen LogP contribution in [0.4, 0.5) is 17.1 Å². The molecule has 62 heavy (non-hydrogen) atoms. The van der Waals surface area contributed by atoms with Crippen LogP contribution in [-0.2, 0) is 0 Å². The summed E-state index contributed by atoms with van der Waals surface area (Å²) in [5, 5.41) is 5.62. The van der Waals surface area contributed by atoms with Crippen molar-refractivity contribution in [1.82, 2.24) is 0 Å². The Hall–Kier alpha value is -7.78. The summed E-state index contributed by atoms with van der Waals surface area (Å²) >= 11 is 0. The molecule has 0 unspecified atom stereocenters. The number of hydrogen-bond donors (Lipinski definition) is 0. The number of anilines is 3. The maximum Gasteiger partial charge on any atom is 0.180 e. The van der Waals surface area contributed by atoms with Gasteiger partial charge in [-0.15, -0.1) is 0 Å². The van der Waals surface area contributed by atoms with E-state index in [1.807, 2.05) is 0 Å². The standard InChI is InChI=1S/C60H43NSi/c1-6-20-44(21-7-1)46-36-38-50(39-37-46)61(57-34-19-33-54(47-24-10-3-11-25-47)60(57)49-27-18-26-48(42-49)45-22-8-2-9-23-45)51-40-41-56-55-32-16-17-35-58(55)62(59(56)43-51,52-28-12-4-13-29-52)53-30-14-5-15-31-53/h1-43H. The highest BCUT2D eigenvalue weighted by atomic mass is 28.3. The molecule has 1 aliphatic rings. The Morgan fingerprint density at radius 1 is 0.258 bits per heavy atom. The summed E-state index contributed by atoms with van der Waals surface area (Å²) in [6.45, 7) is 0. The summed E-state index contributed by atoms with van der Waals surface area (Å²) < 4.78 is 0. The van der Waals surface area contributed by atoms with Gasteiger partial charge in [0.25, 0.3) is 0 Å². The molecule has 0 spiro atoms. The van der Waals surface area contributed by atoms with Crippen molar-refractivity contribution in [2.45, 2.75) is 0 Å². The van der Waals surface area contributed by atoms with E-state index < -0.39 is 8.07 Å². The normalized spacial score (nSPS) is 12.3. The van der Waals surface area contributed by atoms with Crippen LogP contribution in [0, 0.1) is 0 Å². The van der Waals surface area contributed by atoms with E-state index in [1.165, 1.54) is 70.8 Å². The van der Waals surface area contributed by atoms with Gasteiger partial charge in [0.05, 0.1) is 5.69 Å². The zero-order chi connectivity index (χ0) is 41.3. The van der Waals surface area contributed by atoms with Gasteiger partial charge in [-0.25, -0.2) is 0 Å². The van der Waals surface area contributed by atoms with Crippen molar-refractivity contribution in [2.24, 2.45) is 0 Å². The molecule has 11 rings (SSSR count). The zero-order valence-corrected chi connectivity index (χ0v) is 35.3. The first kappa shape index (κ1) is 37.2. The Bertz CT molecular complexity index is 3110. The first-order valence-electron chi connectivity index (χ1n) is 21.4. The third-order valence-electron chi connectivity index (χ3n) is 12.6. The maximum absolute atomic E-state index is 2.77. The van der Waals surface area contributed by atoms with Gasteiger partial charge >= 0.3 is 0 Å². The molecule has 10 aromatic rings. The Labute approximate surface area is 365 Å². The zero-order valence-electron chi connectivity index (χ0n) is 34.3. The molecule has 1 heterocycles. The van der Waals surface area contributed by atoms with Gasteiger partial charge < -0.3 is 4.90 Å². The summed E-state index contributed by atoms with van der Waals surface area (Å²) in [5.41, 5.74) is 15.5. The lowest BCUT2D eigenvalue weighted by atomic mass is 9.90. The van der Waals surface area contributed by atoms with Crippen molar-refractivity contribution in [2.75, 3.05) is 4.90 Å². The molecule has 0 atom stereocenters. The third-order valence-corrected chi connectivity index (χ3v) is 17.4. The quantitative estimate of drug-likeness (QED) is 0.131. The SMILES string of the molecule is c1ccc(-c2ccc(N(c3ccc4c(c3)[Si](c3ccccc3)(c3ccccc3)c3ccccc3-4)c3cccc(-c4ccccc4)c3-c3cccc(-c4ccccc4)c3)cc2)cc1. The molecule has 0 aromatic heterocycles. The molecule has 0 aliphatic carbocycles. The van der Waals surface area contributed by atoms with Crippen molar-refractivity contribution < 1.29 is 0 Å². The first-order valence-corrected chi connectivity index (χ1v) is 23.4. The topological polar surface area (TPSA) is 3.24 Å². The summed E-state index contributed by atoms with van der Waals surface area (Å²) in [5.74, 6) is 0. The lowest BCUT2D eigenvalue weighted by Crippen LogP contribution is -2.72. The fraction of sp³-hybridized carbons (Fsp3) is 0. The minimum Gasteiger partial charge on any atom is -0.310 e. The van der Waals surface area contributed by atoms with E-state index in [-0.39, 0.29) is 0 Å². The maximum atomic E-state index is 2.53. The minimum absolute atomic E-state index is 1.09. The fourth-order valence-electron chi connectivity index (χ4n) is 9.81. The Morgan fingerprint density at radius 3 is 1.35 bits per heavy atom. The van der Waals surface area contributed by atoms with Gasteiger partial charge in [-0.1, -0.05) is 224 Å². The van der Waals surface area contributed by atoms with Crippen LogP contribution in [0.25, 0.3) is 55.6 Å². The van der Waals surface area contributed by atoms with Crippen LogP contribution in [0.5, 0.6) is 0 Å². The van der Waals surface area contributed by atoms with Crippen LogP contribution in [0.3, 0.4) is 0 Å². The summed E-state index contributed by atoms with van der Waals surface area (Å²) in [6.07, 6.45) is 0. The van der Waals surface area contributed by atoms with Crippen LogP contribution in [0.1, 0.15) is 0 Å². The molecule has 1 aliphatic heterocycles. The molecule has 1 nitrogen and oxygen atoms in total. The smallest absolute Gasteiger partial charge is 0.180 e. The number of rotatable bonds is 9. The number of hydrogen-bond acceptors (Lipinski definition) is 1. The van der Waals surface area contributed by atoms with Crippen LogP contribution in [-0.4, -0.2) is 8.07 Å². The summed E-state index contributed by atoms with van der Waals surface area (Å²) in [6, 6.07) is 96.2. The number of fused-ring (bicyclic) bond motifs is 3. The van der Waals surface area contributed by atoms with E-state index in [0.29, 0.717) is 0 Å². The monoisotopic (exact) mass is 805 g/mol. The third kappa shape index (κ3) is 6.41. The summed E-state index contributed by atoms with van der Waals surface area (Å²) in [7, 11) is -2.77. The van der Waals surface area contributed by atoms with Crippen molar-refractivity contribution >= 4 is 45.9 Å². The van der Waals surface area contributed by atoms with E-state index in [1.54, 1.807) is 0 Å². The number of benzene rings is 10. The van der Waals surface area contributed by atoms with Gasteiger partial charge in [0.2, 0.25) is 0 Å². The molecule has 0 saturated carbocycles. The molecule has 0 radical (unpaired) electrons. The molecular formula is C60H43NSi. The Kier molecular flexibility index (Phi) is 9.61. The largest absolute Gasteiger partial charge is 0.310 e. The highest BCUT2D eigenvalue weighted by molar-refractivity contribution is 7.22. The van der Waals surface area contributed by atoms with Crippen LogP contribution in [0.2, 0.25) is 0 Å². The fourth-order valence-corrected chi connectivity index (χ4v) is 15.0. The van der Waals surface area contributed by atoms with E-state index in [2.05, 4.69) is 266 Å². The first-order chi connectivity index (χ1) is 30.8. The lowest BCUT2D eigenvalue weighted by Gasteiger charge is -2.33. The Balaban J connectivity index is 1.20. The lowest BCUT2D eigenvalue weighted by molar-refractivity contribution is 1.29. The van der Waals surface area contributed by atoms with Gasteiger partial charge in [-0.2, -0.15) is 0 Å².